The number of hydrogen-bond donors (Lipinski definition) is 5. The Morgan fingerprint density at radius 2 is 1.09 bits per heavy atom. The van der Waals surface area contributed by atoms with Crippen LogP contribution in [-0.4, -0.2) is 185 Å². The molecule has 78 heavy (non-hydrogen) atoms. The highest BCUT2D eigenvalue weighted by atomic mass is 16.7. The van der Waals surface area contributed by atoms with Crippen LogP contribution in [0.1, 0.15) is 58.4 Å². The van der Waals surface area contributed by atoms with Crippen LogP contribution in [-0.2, 0) is 82.7 Å². The molecule has 26 nitrogen and oxygen atoms in total. The number of esters is 1. The number of non-ortho nitro benzene ring substituents is 1. The van der Waals surface area contributed by atoms with Crippen molar-refractivity contribution in [3.05, 3.63) is 76.4 Å². The van der Waals surface area contributed by atoms with E-state index in [0.717, 1.165) is 25.0 Å². The second kappa shape index (κ2) is 43.3. The van der Waals surface area contributed by atoms with Crippen LogP contribution in [0.3, 0.4) is 0 Å². The Morgan fingerprint density at radius 3 is 1.60 bits per heavy atom. The molecule has 0 aliphatic rings. The molecule has 2 aromatic rings. The summed E-state index contributed by atoms with van der Waals surface area (Å²) in [6.45, 7) is 11.6. The van der Waals surface area contributed by atoms with Crippen molar-refractivity contribution >= 4 is 53.0 Å². The van der Waals surface area contributed by atoms with Crippen molar-refractivity contribution in [1.29, 1.82) is 0 Å². The lowest BCUT2D eigenvalue weighted by molar-refractivity contribution is -0.384. The number of unbranched alkanes of at least 4 members (excludes halogenated alkanes) is 2. The number of nitrogens with one attached hydrogen (secondary N) is 5. The minimum absolute atomic E-state index is 0.0107. The molecule has 0 saturated carbocycles. The Kier molecular flexibility index (Phi) is 37.5. The number of nitro benzene ring substituents is 1. The second-order valence-corrected chi connectivity index (χ2v) is 17.1. The van der Waals surface area contributed by atoms with Crippen LogP contribution in [0.2, 0.25) is 0 Å². The Labute approximate surface area is 454 Å². The third-order valence-electron chi connectivity index (χ3n) is 10.4. The monoisotopic (exact) mass is 1110 g/mol. The molecule has 0 aliphatic carbocycles. The fourth-order valence-electron chi connectivity index (χ4n) is 6.21. The van der Waals surface area contributed by atoms with E-state index in [9.17, 15) is 43.7 Å². The molecule has 5 amide bonds. The van der Waals surface area contributed by atoms with E-state index in [1.807, 2.05) is 0 Å². The Bertz CT molecular complexity index is 2080. The molecular weight excluding hydrogens is 1030 g/mol. The molecule has 2 unspecified atom stereocenters. The first-order valence-electron chi connectivity index (χ1n) is 25.7. The molecule has 5 N–H and O–H groups in total. The summed E-state index contributed by atoms with van der Waals surface area (Å²) < 4.78 is 58.4. The van der Waals surface area contributed by atoms with Crippen molar-refractivity contribution in [2.75, 3.05) is 131 Å². The number of methoxy groups -OCH3 is 1. The smallest absolute Gasteiger partial charge is 0.466 e. The largest absolute Gasteiger partial charge is 0.514 e. The maximum absolute atomic E-state index is 13.1. The first kappa shape index (κ1) is 67.5. The number of anilines is 1. The topological polar surface area (TPSA) is 324 Å². The summed E-state index contributed by atoms with van der Waals surface area (Å²) in [5, 5.41) is 24.3. The van der Waals surface area contributed by atoms with Crippen molar-refractivity contribution < 1.29 is 90.6 Å². The van der Waals surface area contributed by atoms with Crippen LogP contribution in [0, 0.1) is 16.0 Å². The number of rotatable bonds is 45. The van der Waals surface area contributed by atoms with Gasteiger partial charge in [-0.1, -0.05) is 32.4 Å². The standard InChI is InChI=1S/C52H78N6O20/c1-39(2)49(51(64)55-40(3)50(63)56-42-11-9-41(10-12-42)38-77-52(65)78-44-15-13-43(14-16-44)58(66)67)57-47(61)19-22-69-24-26-71-28-30-73-32-34-75-36-37-76-35-33-74-31-29-72-27-25-70-23-21-54-45(59)8-6-5-7-20-53-46(60)17-18-48(62)68-4/h9-18,39-40,49H,5-8,19-38H2,1-4H3,(H,53,60)(H,54,59)(H,55,64)(H,56,63)(H,57,61)/b18-17-. The van der Waals surface area contributed by atoms with E-state index in [-0.39, 0.29) is 55.4 Å². The van der Waals surface area contributed by atoms with E-state index in [4.69, 9.17) is 47.4 Å². The molecule has 0 spiro atoms. The zero-order chi connectivity index (χ0) is 57.0. The highest BCUT2D eigenvalue weighted by molar-refractivity contribution is 5.98. The highest BCUT2D eigenvalue weighted by Gasteiger charge is 2.27. The van der Waals surface area contributed by atoms with Gasteiger partial charge in [0.15, 0.2) is 0 Å². The molecule has 0 aliphatic heterocycles. The summed E-state index contributed by atoms with van der Waals surface area (Å²) in [4.78, 5) is 95.3. The van der Waals surface area contributed by atoms with E-state index in [1.165, 1.54) is 38.3 Å². The van der Waals surface area contributed by atoms with Crippen LogP contribution in [0.15, 0.2) is 60.7 Å². The van der Waals surface area contributed by atoms with E-state index in [1.54, 1.807) is 38.1 Å². The molecule has 2 rings (SSSR count). The first-order chi connectivity index (χ1) is 37.7. The molecule has 2 atom stereocenters. The van der Waals surface area contributed by atoms with Gasteiger partial charge in [-0.3, -0.25) is 34.1 Å². The number of amides is 5. The van der Waals surface area contributed by atoms with Gasteiger partial charge in [0, 0.05) is 55.9 Å². The highest BCUT2D eigenvalue weighted by Crippen LogP contribution is 2.18. The van der Waals surface area contributed by atoms with Gasteiger partial charge >= 0.3 is 12.1 Å². The molecule has 26 heteroatoms. The Hall–Kier alpha value is -6.65. The van der Waals surface area contributed by atoms with Crippen molar-refractivity contribution in [2.45, 2.75) is 71.6 Å². The predicted molar refractivity (Wildman–Crippen MR) is 280 cm³/mol. The number of carbonyl (C=O) groups is 7. The zero-order valence-corrected chi connectivity index (χ0v) is 45.1. The summed E-state index contributed by atoms with van der Waals surface area (Å²) in [5.74, 6) is -2.65. The first-order valence-corrected chi connectivity index (χ1v) is 25.7. The molecule has 0 aromatic heterocycles. The van der Waals surface area contributed by atoms with Crippen molar-refractivity contribution in [2.24, 2.45) is 5.92 Å². The van der Waals surface area contributed by atoms with Crippen LogP contribution >= 0.6 is 0 Å². The fourth-order valence-corrected chi connectivity index (χ4v) is 6.21. The summed E-state index contributed by atoms with van der Waals surface area (Å²) in [7, 11) is 1.23. The minimum atomic E-state index is -1.01. The average molecular weight is 1110 g/mol. The quantitative estimate of drug-likeness (QED) is 0.0159. The Balaban J connectivity index is 1.35. The van der Waals surface area contributed by atoms with Gasteiger partial charge in [-0.05, 0) is 55.5 Å². The molecule has 0 heterocycles. The molecule has 0 radical (unpaired) electrons. The van der Waals surface area contributed by atoms with E-state index in [2.05, 4.69) is 31.3 Å². The van der Waals surface area contributed by atoms with E-state index < -0.39 is 46.9 Å². The number of benzene rings is 2. The molecular formula is C52H78N6O20. The van der Waals surface area contributed by atoms with Gasteiger partial charge in [0.1, 0.15) is 24.4 Å². The maximum atomic E-state index is 13.1. The van der Waals surface area contributed by atoms with Crippen molar-refractivity contribution in [3.8, 4) is 5.75 Å². The third-order valence-corrected chi connectivity index (χ3v) is 10.4. The van der Waals surface area contributed by atoms with Gasteiger partial charge in [-0.25, -0.2) is 9.59 Å². The van der Waals surface area contributed by atoms with Crippen LogP contribution in [0.5, 0.6) is 5.75 Å². The molecule has 436 valence electrons. The van der Waals surface area contributed by atoms with Gasteiger partial charge in [0.2, 0.25) is 29.5 Å². The SMILES string of the molecule is COC(=O)/C=C\C(=O)NCCCCCC(=O)NCCOCCOCCOCCOCCOCCOCCOCCOCCC(=O)NC(C(=O)NC(C)C(=O)Nc1ccc(COC(=O)Oc2ccc([N+](=O)[O-])cc2)cc1)C(C)C. The number of hydrogen-bond acceptors (Lipinski definition) is 20. The summed E-state index contributed by atoms with van der Waals surface area (Å²) in [6.07, 6.45) is 3.75. The lowest BCUT2D eigenvalue weighted by Crippen LogP contribution is -2.53. The summed E-state index contributed by atoms with van der Waals surface area (Å²) >= 11 is 0. The summed E-state index contributed by atoms with van der Waals surface area (Å²) in [5.41, 5.74) is 0.855. The van der Waals surface area contributed by atoms with Crippen molar-refractivity contribution in [1.82, 2.24) is 21.3 Å². The van der Waals surface area contributed by atoms with Gasteiger partial charge in [0.25, 0.3) is 5.69 Å². The Morgan fingerprint density at radius 1 is 0.564 bits per heavy atom. The number of nitrogens with zero attached hydrogens (tertiary/aromatic N) is 1. The van der Waals surface area contributed by atoms with Crippen LogP contribution < -0.4 is 31.3 Å². The average Bonchev–Trinajstić information content (AvgIpc) is 3.42. The maximum Gasteiger partial charge on any atom is 0.514 e. The molecule has 2 aromatic carbocycles. The predicted octanol–water partition coefficient (Wildman–Crippen LogP) is 2.94. The fraction of sp³-hybridized carbons (Fsp3) is 0.596. The van der Waals surface area contributed by atoms with Crippen molar-refractivity contribution in [3.63, 3.8) is 0 Å². The zero-order valence-electron chi connectivity index (χ0n) is 45.1. The lowest BCUT2D eigenvalue weighted by Gasteiger charge is -2.24. The van der Waals surface area contributed by atoms with Gasteiger partial charge in [-0.15, -0.1) is 0 Å². The normalized spacial score (nSPS) is 11.9. The number of ether oxygens (including phenoxy) is 11. The van der Waals surface area contributed by atoms with E-state index in [0.29, 0.717) is 130 Å². The molecule has 0 fully saturated rings. The number of nitro groups is 1. The second-order valence-electron chi connectivity index (χ2n) is 17.1. The third kappa shape index (κ3) is 34.9. The van der Waals surface area contributed by atoms with Gasteiger partial charge in [-0.2, -0.15) is 0 Å². The molecule has 0 bridgehead atoms. The lowest BCUT2D eigenvalue weighted by atomic mass is 10.0. The van der Waals surface area contributed by atoms with Gasteiger partial charge < -0.3 is 78.7 Å². The van der Waals surface area contributed by atoms with Gasteiger partial charge in [0.05, 0.1) is 118 Å². The minimum Gasteiger partial charge on any atom is -0.466 e. The molecule has 0 saturated heterocycles. The van der Waals surface area contributed by atoms with Crippen LogP contribution in [0.25, 0.3) is 0 Å². The van der Waals surface area contributed by atoms with Crippen LogP contribution in [0.4, 0.5) is 16.2 Å². The summed E-state index contributed by atoms with van der Waals surface area (Å²) in [6, 6.07) is 9.50. The number of carbonyl (C=O) groups excluding carboxylic acids is 7. The van der Waals surface area contributed by atoms with E-state index >= 15 is 0 Å².